The lowest BCUT2D eigenvalue weighted by atomic mass is 10.2. The van der Waals surface area contributed by atoms with Gasteiger partial charge in [-0.1, -0.05) is 32.3 Å². The number of rotatable bonds is 9. The number of nitrogens with zero attached hydrogens (tertiary/aromatic N) is 3. The van der Waals surface area contributed by atoms with Gasteiger partial charge in [0, 0.05) is 32.0 Å². The van der Waals surface area contributed by atoms with Crippen LogP contribution in [-0.4, -0.2) is 35.7 Å². The predicted octanol–water partition coefficient (Wildman–Crippen LogP) is 2.48. The second-order valence-corrected chi connectivity index (χ2v) is 5.35. The number of nitrogens with one attached hydrogen (secondary N) is 2. The van der Waals surface area contributed by atoms with E-state index in [9.17, 15) is 0 Å². The highest BCUT2D eigenvalue weighted by Gasteiger charge is 2.08. The fourth-order valence-electron chi connectivity index (χ4n) is 1.75. The van der Waals surface area contributed by atoms with E-state index in [2.05, 4.69) is 53.5 Å². The van der Waals surface area contributed by atoms with Gasteiger partial charge in [0.2, 0.25) is 5.89 Å². The average Bonchev–Trinajstić information content (AvgIpc) is 2.93. The second-order valence-electron chi connectivity index (χ2n) is 5.35. The zero-order valence-corrected chi connectivity index (χ0v) is 13.8. The van der Waals surface area contributed by atoms with E-state index >= 15 is 0 Å². The fourth-order valence-corrected chi connectivity index (χ4v) is 1.75. The van der Waals surface area contributed by atoms with Crippen molar-refractivity contribution in [2.75, 3.05) is 19.6 Å². The molecule has 0 aliphatic heterocycles. The molecule has 0 spiro atoms. The molecule has 0 aliphatic carbocycles. The van der Waals surface area contributed by atoms with Crippen molar-refractivity contribution < 1.29 is 4.52 Å². The van der Waals surface area contributed by atoms with Crippen molar-refractivity contribution >= 4 is 5.96 Å². The standard InChI is InChI=1S/C15H29N5O/c1-5-7-10-17-15(16-6-2)18-11-8-9-13-19-14(12(3)4)20-21-13/h12H,5-11H2,1-4H3,(H2,16,17,18). The first kappa shape index (κ1) is 17.5. The molecule has 21 heavy (non-hydrogen) atoms. The normalized spacial score (nSPS) is 12.0. The summed E-state index contributed by atoms with van der Waals surface area (Å²) in [6.45, 7) is 11.0. The van der Waals surface area contributed by atoms with Gasteiger partial charge in [0.05, 0.1) is 0 Å². The first-order chi connectivity index (χ1) is 10.2. The summed E-state index contributed by atoms with van der Waals surface area (Å²) in [4.78, 5) is 8.91. The molecule has 0 aromatic carbocycles. The Balaban J connectivity index is 2.32. The molecule has 0 unspecified atom stereocenters. The minimum absolute atomic E-state index is 0.309. The zero-order chi connectivity index (χ0) is 15.5. The topological polar surface area (TPSA) is 75.3 Å². The molecule has 1 aromatic heterocycles. The van der Waals surface area contributed by atoms with Gasteiger partial charge in [0.15, 0.2) is 11.8 Å². The first-order valence-corrected chi connectivity index (χ1v) is 8.02. The van der Waals surface area contributed by atoms with Crippen molar-refractivity contribution in [2.24, 2.45) is 4.99 Å². The molecule has 0 radical (unpaired) electrons. The third-order valence-electron chi connectivity index (χ3n) is 2.99. The van der Waals surface area contributed by atoms with Crippen LogP contribution in [0.2, 0.25) is 0 Å². The van der Waals surface area contributed by atoms with Gasteiger partial charge in [-0.25, -0.2) is 0 Å². The molecule has 1 heterocycles. The van der Waals surface area contributed by atoms with Gasteiger partial charge in [0.25, 0.3) is 0 Å². The Bertz CT molecular complexity index is 414. The molecular formula is C15H29N5O. The van der Waals surface area contributed by atoms with E-state index < -0.39 is 0 Å². The maximum atomic E-state index is 5.22. The van der Waals surface area contributed by atoms with Gasteiger partial charge in [-0.2, -0.15) is 4.98 Å². The fraction of sp³-hybridized carbons (Fsp3) is 0.800. The highest BCUT2D eigenvalue weighted by Crippen LogP contribution is 2.10. The molecule has 6 nitrogen and oxygen atoms in total. The monoisotopic (exact) mass is 295 g/mol. The second kappa shape index (κ2) is 10.2. The summed E-state index contributed by atoms with van der Waals surface area (Å²) in [5.74, 6) is 2.68. The van der Waals surface area contributed by atoms with Crippen LogP contribution in [0.3, 0.4) is 0 Å². The number of hydrogen-bond donors (Lipinski definition) is 2. The Morgan fingerprint density at radius 1 is 1.24 bits per heavy atom. The van der Waals surface area contributed by atoms with E-state index in [-0.39, 0.29) is 0 Å². The Morgan fingerprint density at radius 3 is 2.67 bits per heavy atom. The van der Waals surface area contributed by atoms with E-state index in [0.29, 0.717) is 11.8 Å². The molecule has 0 atom stereocenters. The summed E-state index contributed by atoms with van der Waals surface area (Å²) in [6.07, 6.45) is 4.02. The first-order valence-electron chi connectivity index (χ1n) is 8.02. The summed E-state index contributed by atoms with van der Waals surface area (Å²) in [6, 6.07) is 0. The Kier molecular flexibility index (Phi) is 8.47. The number of hydrogen-bond acceptors (Lipinski definition) is 4. The highest BCUT2D eigenvalue weighted by atomic mass is 16.5. The van der Waals surface area contributed by atoms with E-state index in [1.54, 1.807) is 0 Å². The molecule has 1 aromatic rings. The molecule has 0 fully saturated rings. The van der Waals surface area contributed by atoms with Crippen LogP contribution in [-0.2, 0) is 6.42 Å². The third kappa shape index (κ3) is 7.11. The van der Waals surface area contributed by atoms with E-state index in [1.165, 1.54) is 6.42 Å². The SMILES string of the molecule is CCCCNC(=NCCCc1nc(C(C)C)no1)NCC. The van der Waals surface area contributed by atoms with Gasteiger partial charge in [0.1, 0.15) is 0 Å². The van der Waals surface area contributed by atoms with Crippen molar-refractivity contribution in [3.63, 3.8) is 0 Å². The van der Waals surface area contributed by atoms with Gasteiger partial charge in [-0.3, -0.25) is 4.99 Å². The van der Waals surface area contributed by atoms with E-state index in [1.807, 2.05) is 0 Å². The number of aliphatic imine (C=N–C) groups is 1. The van der Waals surface area contributed by atoms with Gasteiger partial charge < -0.3 is 15.2 Å². The van der Waals surface area contributed by atoms with Crippen molar-refractivity contribution in [1.82, 2.24) is 20.8 Å². The number of unbranched alkanes of at least 4 members (excludes halogenated alkanes) is 1. The van der Waals surface area contributed by atoms with Gasteiger partial charge >= 0.3 is 0 Å². The van der Waals surface area contributed by atoms with Crippen molar-refractivity contribution in [1.29, 1.82) is 0 Å². The van der Waals surface area contributed by atoms with Gasteiger partial charge in [-0.15, -0.1) is 0 Å². The minimum Gasteiger partial charge on any atom is -0.357 e. The maximum Gasteiger partial charge on any atom is 0.226 e. The van der Waals surface area contributed by atoms with Crippen molar-refractivity contribution in [2.45, 2.75) is 59.3 Å². The van der Waals surface area contributed by atoms with Crippen LogP contribution in [0.5, 0.6) is 0 Å². The average molecular weight is 295 g/mol. The predicted molar refractivity (Wildman–Crippen MR) is 85.6 cm³/mol. The highest BCUT2D eigenvalue weighted by molar-refractivity contribution is 5.79. The van der Waals surface area contributed by atoms with Crippen LogP contribution < -0.4 is 10.6 Å². The zero-order valence-electron chi connectivity index (χ0n) is 13.8. The Morgan fingerprint density at radius 2 is 2.05 bits per heavy atom. The summed E-state index contributed by atoms with van der Waals surface area (Å²) in [7, 11) is 0. The molecule has 0 amide bonds. The molecule has 0 bridgehead atoms. The van der Waals surface area contributed by atoms with Crippen LogP contribution in [0.15, 0.2) is 9.52 Å². The van der Waals surface area contributed by atoms with Crippen LogP contribution in [0.25, 0.3) is 0 Å². The quantitative estimate of drug-likeness (QED) is 0.416. The van der Waals surface area contributed by atoms with Crippen molar-refractivity contribution in [3.05, 3.63) is 11.7 Å². The molecule has 120 valence electrons. The maximum absolute atomic E-state index is 5.22. The van der Waals surface area contributed by atoms with Gasteiger partial charge in [-0.05, 0) is 19.8 Å². The number of aryl methyl sites for hydroxylation is 1. The van der Waals surface area contributed by atoms with Crippen LogP contribution in [0.1, 0.15) is 64.6 Å². The van der Waals surface area contributed by atoms with E-state index in [0.717, 1.165) is 50.7 Å². The molecular weight excluding hydrogens is 266 g/mol. The lowest BCUT2D eigenvalue weighted by Crippen LogP contribution is -2.37. The Hall–Kier alpha value is -1.59. The van der Waals surface area contributed by atoms with Crippen molar-refractivity contribution in [3.8, 4) is 0 Å². The molecule has 6 heteroatoms. The molecule has 2 N–H and O–H groups in total. The summed E-state index contributed by atoms with van der Waals surface area (Å²) in [5.41, 5.74) is 0. The van der Waals surface area contributed by atoms with Crippen LogP contribution in [0.4, 0.5) is 0 Å². The summed E-state index contributed by atoms with van der Waals surface area (Å²) >= 11 is 0. The molecule has 0 saturated carbocycles. The summed E-state index contributed by atoms with van der Waals surface area (Å²) in [5, 5.41) is 10.5. The lowest BCUT2D eigenvalue weighted by molar-refractivity contribution is 0.369. The molecule has 0 aliphatic rings. The third-order valence-corrected chi connectivity index (χ3v) is 2.99. The van der Waals surface area contributed by atoms with Crippen LogP contribution >= 0.6 is 0 Å². The number of aromatic nitrogens is 2. The largest absolute Gasteiger partial charge is 0.357 e. The molecule has 1 rings (SSSR count). The lowest BCUT2D eigenvalue weighted by Gasteiger charge is -2.10. The minimum atomic E-state index is 0.309. The number of guanidine groups is 1. The smallest absolute Gasteiger partial charge is 0.226 e. The van der Waals surface area contributed by atoms with Crippen LogP contribution in [0, 0.1) is 0 Å². The summed E-state index contributed by atoms with van der Waals surface area (Å²) < 4.78 is 5.22. The van der Waals surface area contributed by atoms with E-state index in [4.69, 9.17) is 4.52 Å². The molecule has 0 saturated heterocycles. The Labute approximate surface area is 127 Å².